The molecule has 2 aliphatic rings. The summed E-state index contributed by atoms with van der Waals surface area (Å²) in [7, 11) is -1.70. The molecule has 0 spiro atoms. The average Bonchev–Trinajstić information content (AvgIpc) is 2.85. The number of fused-ring (bicyclic) bond motifs is 1. The van der Waals surface area contributed by atoms with E-state index in [4.69, 9.17) is 4.74 Å². The van der Waals surface area contributed by atoms with E-state index in [9.17, 15) is 13.2 Å². The quantitative estimate of drug-likeness (QED) is 0.756. The summed E-state index contributed by atoms with van der Waals surface area (Å²) >= 11 is 0. The predicted octanol–water partition coefficient (Wildman–Crippen LogP) is -0.189. The third-order valence-electron chi connectivity index (χ3n) is 3.93. The number of hydrogen-bond donors (Lipinski definition) is 1. The zero-order chi connectivity index (χ0) is 15.0. The molecule has 1 aromatic heterocycles. The summed E-state index contributed by atoms with van der Waals surface area (Å²) in [5.74, 6) is -0.0482. The molecule has 1 aromatic rings. The maximum atomic E-state index is 11.9. The van der Waals surface area contributed by atoms with Gasteiger partial charge in [0.2, 0.25) is 0 Å². The Balaban J connectivity index is 2.04. The van der Waals surface area contributed by atoms with Crippen LogP contribution in [0.1, 0.15) is 39.9 Å². The Bertz CT molecular complexity index is 687. The van der Waals surface area contributed by atoms with Gasteiger partial charge in [-0.3, -0.25) is 0 Å². The first-order valence-electron chi connectivity index (χ1n) is 6.89. The lowest BCUT2D eigenvalue weighted by Crippen LogP contribution is -2.29. The number of esters is 1. The van der Waals surface area contributed by atoms with E-state index in [2.05, 4.69) is 15.3 Å². The van der Waals surface area contributed by atoms with Crippen molar-refractivity contribution < 1.29 is 17.9 Å². The highest BCUT2D eigenvalue weighted by molar-refractivity contribution is 7.91. The Morgan fingerprint density at radius 1 is 1.38 bits per heavy atom. The van der Waals surface area contributed by atoms with Gasteiger partial charge in [0.1, 0.15) is 5.82 Å². The number of sulfone groups is 1. The lowest BCUT2D eigenvalue weighted by Gasteiger charge is -2.20. The number of methoxy groups -OCH3 is 1. The summed E-state index contributed by atoms with van der Waals surface area (Å²) in [6.45, 7) is 1.32. The highest BCUT2D eigenvalue weighted by atomic mass is 32.2. The fourth-order valence-electron chi connectivity index (χ4n) is 2.81. The number of rotatable bonds is 2. The summed E-state index contributed by atoms with van der Waals surface area (Å²) < 4.78 is 28.0. The molecule has 3 heterocycles. The second-order valence-electron chi connectivity index (χ2n) is 5.37. The summed E-state index contributed by atoms with van der Waals surface area (Å²) in [5.41, 5.74) is 1.84. The van der Waals surface area contributed by atoms with Crippen molar-refractivity contribution in [2.75, 3.05) is 25.2 Å². The van der Waals surface area contributed by atoms with Gasteiger partial charge in [-0.1, -0.05) is 0 Å². The molecule has 1 N–H and O–H groups in total. The largest absolute Gasteiger partial charge is 0.464 e. The van der Waals surface area contributed by atoms with Crippen molar-refractivity contribution in [3.8, 4) is 0 Å². The van der Waals surface area contributed by atoms with Crippen LogP contribution >= 0.6 is 0 Å². The van der Waals surface area contributed by atoms with Crippen molar-refractivity contribution in [1.82, 2.24) is 15.3 Å². The molecule has 1 atom stereocenters. The maximum Gasteiger partial charge on any atom is 0.357 e. The molecule has 0 amide bonds. The van der Waals surface area contributed by atoms with Crippen molar-refractivity contribution in [3.63, 3.8) is 0 Å². The lowest BCUT2D eigenvalue weighted by atomic mass is 10.0. The minimum Gasteiger partial charge on any atom is -0.464 e. The third-order valence-corrected chi connectivity index (χ3v) is 5.69. The molecule has 7 nitrogen and oxygen atoms in total. The molecule has 0 bridgehead atoms. The minimum absolute atomic E-state index is 0.0602. The summed E-state index contributed by atoms with van der Waals surface area (Å²) in [6.07, 6.45) is 1.22. The van der Waals surface area contributed by atoms with Crippen LogP contribution in [0.25, 0.3) is 0 Å². The van der Waals surface area contributed by atoms with Crippen LogP contribution in [-0.4, -0.2) is 49.5 Å². The van der Waals surface area contributed by atoms with Crippen molar-refractivity contribution in [3.05, 3.63) is 22.8 Å². The van der Waals surface area contributed by atoms with Crippen LogP contribution in [0, 0.1) is 0 Å². The van der Waals surface area contributed by atoms with Crippen LogP contribution in [0.15, 0.2) is 0 Å². The van der Waals surface area contributed by atoms with Crippen LogP contribution in [-0.2, 0) is 27.5 Å². The van der Waals surface area contributed by atoms with Gasteiger partial charge >= 0.3 is 5.97 Å². The highest BCUT2D eigenvalue weighted by Gasteiger charge is 2.33. The molecule has 0 radical (unpaired) electrons. The predicted molar refractivity (Wildman–Crippen MR) is 74.8 cm³/mol. The van der Waals surface area contributed by atoms with Crippen LogP contribution in [0.3, 0.4) is 0 Å². The van der Waals surface area contributed by atoms with Crippen LogP contribution in [0.2, 0.25) is 0 Å². The van der Waals surface area contributed by atoms with Crippen molar-refractivity contribution in [2.24, 2.45) is 0 Å². The molecule has 2 aliphatic heterocycles. The van der Waals surface area contributed by atoms with E-state index in [0.717, 1.165) is 17.8 Å². The van der Waals surface area contributed by atoms with Gasteiger partial charge in [0, 0.05) is 31.0 Å². The second-order valence-corrected chi connectivity index (χ2v) is 7.60. The van der Waals surface area contributed by atoms with E-state index >= 15 is 0 Å². The zero-order valence-corrected chi connectivity index (χ0v) is 12.6. The van der Waals surface area contributed by atoms with Gasteiger partial charge in [0.25, 0.3) is 0 Å². The van der Waals surface area contributed by atoms with Gasteiger partial charge in [-0.05, 0) is 6.42 Å². The summed E-state index contributed by atoms with van der Waals surface area (Å²) in [6, 6.07) is 0. The smallest absolute Gasteiger partial charge is 0.357 e. The monoisotopic (exact) mass is 311 g/mol. The van der Waals surface area contributed by atoms with Crippen molar-refractivity contribution >= 4 is 15.8 Å². The topological polar surface area (TPSA) is 98.2 Å². The van der Waals surface area contributed by atoms with Gasteiger partial charge < -0.3 is 10.1 Å². The number of carbonyl (C=O) groups is 1. The standard InChI is InChI=1S/C13H17N3O4S/c1-20-13(17)11-9-6-14-4-2-10(9)15-12(16-11)8-3-5-21(18,19)7-8/h8,14H,2-7H2,1H3. The number of nitrogens with one attached hydrogen (secondary N) is 1. The van der Waals surface area contributed by atoms with Gasteiger partial charge in [0.05, 0.1) is 24.3 Å². The molecule has 3 rings (SSSR count). The third kappa shape index (κ3) is 2.77. The van der Waals surface area contributed by atoms with Gasteiger partial charge in [0.15, 0.2) is 15.5 Å². The molecule has 0 saturated carbocycles. The number of nitrogens with zero attached hydrogens (tertiary/aromatic N) is 2. The normalized spacial score (nSPS) is 23.6. The molecular formula is C13H17N3O4S. The molecule has 114 valence electrons. The van der Waals surface area contributed by atoms with Gasteiger partial charge in [-0.2, -0.15) is 0 Å². The molecule has 1 fully saturated rings. The first kappa shape index (κ1) is 14.4. The summed E-state index contributed by atoms with van der Waals surface area (Å²) in [4.78, 5) is 20.8. The zero-order valence-electron chi connectivity index (χ0n) is 11.8. The average molecular weight is 311 g/mol. The second kappa shape index (κ2) is 5.34. The fraction of sp³-hybridized carbons (Fsp3) is 0.615. The number of hydrogen-bond acceptors (Lipinski definition) is 7. The van der Waals surface area contributed by atoms with E-state index in [1.165, 1.54) is 7.11 Å². The first-order chi connectivity index (χ1) is 10.00. The summed E-state index contributed by atoms with van der Waals surface area (Å²) in [5, 5.41) is 3.18. The minimum atomic E-state index is -3.01. The van der Waals surface area contributed by atoms with Crippen LogP contribution in [0.5, 0.6) is 0 Å². The fourth-order valence-corrected chi connectivity index (χ4v) is 4.55. The van der Waals surface area contributed by atoms with Gasteiger partial charge in [-0.15, -0.1) is 0 Å². The van der Waals surface area contributed by atoms with Gasteiger partial charge in [-0.25, -0.2) is 23.2 Å². The lowest BCUT2D eigenvalue weighted by molar-refractivity contribution is 0.0591. The van der Waals surface area contributed by atoms with E-state index in [-0.39, 0.29) is 23.1 Å². The molecule has 0 aliphatic carbocycles. The van der Waals surface area contributed by atoms with E-state index in [1.807, 2.05) is 0 Å². The van der Waals surface area contributed by atoms with E-state index in [1.54, 1.807) is 0 Å². The maximum absolute atomic E-state index is 11.9. The number of carbonyl (C=O) groups excluding carboxylic acids is 1. The number of aromatic nitrogens is 2. The highest BCUT2D eigenvalue weighted by Crippen LogP contribution is 2.28. The Morgan fingerprint density at radius 2 is 2.19 bits per heavy atom. The van der Waals surface area contributed by atoms with Crippen LogP contribution in [0.4, 0.5) is 0 Å². The number of ether oxygens (including phenoxy) is 1. The van der Waals surface area contributed by atoms with E-state index in [0.29, 0.717) is 25.2 Å². The Hall–Kier alpha value is -1.54. The van der Waals surface area contributed by atoms with E-state index < -0.39 is 15.8 Å². The Labute approximate surface area is 123 Å². The first-order valence-corrected chi connectivity index (χ1v) is 8.71. The molecule has 0 aromatic carbocycles. The molecule has 1 saturated heterocycles. The Morgan fingerprint density at radius 3 is 2.86 bits per heavy atom. The SMILES string of the molecule is COC(=O)c1nc(C2CCS(=O)(=O)C2)nc2c1CNCC2. The molecule has 8 heteroatoms. The van der Waals surface area contributed by atoms with Crippen LogP contribution < -0.4 is 5.32 Å². The Kier molecular flexibility index (Phi) is 3.66. The molecule has 21 heavy (non-hydrogen) atoms. The molecular weight excluding hydrogens is 294 g/mol. The van der Waals surface area contributed by atoms with Crippen molar-refractivity contribution in [2.45, 2.75) is 25.3 Å². The van der Waals surface area contributed by atoms with Crippen molar-refractivity contribution in [1.29, 1.82) is 0 Å². The molecule has 1 unspecified atom stereocenters.